The van der Waals surface area contributed by atoms with E-state index in [-0.39, 0.29) is 23.7 Å². The Bertz CT molecular complexity index is 841. The molecular weight excluding hydrogens is 346 g/mol. The second-order valence-electron chi connectivity index (χ2n) is 7.69. The van der Waals surface area contributed by atoms with Gasteiger partial charge in [0, 0.05) is 24.3 Å². The average molecular weight is 371 g/mol. The third kappa shape index (κ3) is 5.29. The minimum Gasteiger partial charge on any atom is -0.444 e. The van der Waals surface area contributed by atoms with Crippen LogP contribution in [0.15, 0.2) is 41.7 Å². The molecule has 1 aliphatic carbocycles. The van der Waals surface area contributed by atoms with Crippen molar-refractivity contribution in [2.75, 3.05) is 5.32 Å². The van der Waals surface area contributed by atoms with Gasteiger partial charge in [0.1, 0.15) is 17.7 Å². The number of aromatic nitrogens is 3. The van der Waals surface area contributed by atoms with Crippen molar-refractivity contribution in [2.45, 2.75) is 57.7 Å². The summed E-state index contributed by atoms with van der Waals surface area (Å²) < 4.78 is 6.74. The summed E-state index contributed by atoms with van der Waals surface area (Å²) in [6.45, 7) is 5.54. The Morgan fingerprint density at radius 2 is 2.00 bits per heavy atom. The van der Waals surface area contributed by atoms with E-state index in [0.29, 0.717) is 5.69 Å². The summed E-state index contributed by atoms with van der Waals surface area (Å²) in [7, 11) is 0. The van der Waals surface area contributed by atoms with E-state index in [9.17, 15) is 9.59 Å². The first-order chi connectivity index (χ1) is 12.8. The topological polar surface area (TPSA) is 98.1 Å². The zero-order valence-electron chi connectivity index (χ0n) is 15.8. The fourth-order valence-corrected chi connectivity index (χ4v) is 3.08. The van der Waals surface area contributed by atoms with Gasteiger partial charge in [-0.2, -0.15) is 0 Å². The Morgan fingerprint density at radius 3 is 2.67 bits per heavy atom. The SMILES string of the molecule is CC(C)(C)OC(=O)N[C@H]1CC[C@H](Nc2ccc(-n3cnccc3=O)cn2)C1. The van der Waals surface area contributed by atoms with E-state index < -0.39 is 5.60 Å². The van der Waals surface area contributed by atoms with Crippen molar-refractivity contribution < 1.29 is 9.53 Å². The highest BCUT2D eigenvalue weighted by Crippen LogP contribution is 2.23. The molecule has 0 spiro atoms. The highest BCUT2D eigenvalue weighted by molar-refractivity contribution is 5.68. The van der Waals surface area contributed by atoms with Crippen LogP contribution in [0.4, 0.5) is 10.6 Å². The Hall–Kier alpha value is -2.90. The molecule has 144 valence electrons. The first-order valence-corrected chi connectivity index (χ1v) is 9.05. The van der Waals surface area contributed by atoms with E-state index in [1.165, 1.54) is 23.2 Å². The van der Waals surface area contributed by atoms with E-state index in [2.05, 4.69) is 20.6 Å². The van der Waals surface area contributed by atoms with Gasteiger partial charge in [0.25, 0.3) is 5.56 Å². The highest BCUT2D eigenvalue weighted by Gasteiger charge is 2.27. The molecule has 0 radical (unpaired) electrons. The molecule has 2 N–H and O–H groups in total. The van der Waals surface area contributed by atoms with E-state index in [4.69, 9.17) is 4.74 Å². The van der Waals surface area contributed by atoms with Crippen LogP contribution in [0.3, 0.4) is 0 Å². The molecule has 0 aromatic carbocycles. The van der Waals surface area contributed by atoms with Gasteiger partial charge in [0.05, 0.1) is 11.9 Å². The van der Waals surface area contributed by atoms with Crippen molar-refractivity contribution >= 4 is 11.9 Å². The minimum absolute atomic E-state index is 0.0885. The maximum Gasteiger partial charge on any atom is 0.407 e. The lowest BCUT2D eigenvalue weighted by Crippen LogP contribution is -2.38. The Labute approximate surface area is 158 Å². The largest absolute Gasteiger partial charge is 0.444 e. The zero-order valence-corrected chi connectivity index (χ0v) is 15.8. The molecule has 8 nitrogen and oxygen atoms in total. The first kappa shape index (κ1) is 18.9. The summed E-state index contributed by atoms with van der Waals surface area (Å²) in [5.41, 5.74) is 0.0105. The lowest BCUT2D eigenvalue weighted by molar-refractivity contribution is 0.0505. The van der Waals surface area contributed by atoms with Crippen LogP contribution in [0.25, 0.3) is 5.69 Å². The number of anilines is 1. The van der Waals surface area contributed by atoms with Gasteiger partial charge in [-0.1, -0.05) is 0 Å². The van der Waals surface area contributed by atoms with Crippen molar-refractivity contribution in [1.29, 1.82) is 0 Å². The van der Waals surface area contributed by atoms with Crippen LogP contribution in [0.2, 0.25) is 0 Å². The fourth-order valence-electron chi connectivity index (χ4n) is 3.08. The number of alkyl carbamates (subject to hydrolysis) is 1. The predicted molar refractivity (Wildman–Crippen MR) is 102 cm³/mol. The monoisotopic (exact) mass is 371 g/mol. The number of hydrogen-bond donors (Lipinski definition) is 2. The first-order valence-electron chi connectivity index (χ1n) is 9.05. The van der Waals surface area contributed by atoms with Crippen LogP contribution >= 0.6 is 0 Å². The molecule has 1 fully saturated rings. The number of hydrogen-bond acceptors (Lipinski definition) is 6. The summed E-state index contributed by atoms with van der Waals surface area (Å²) in [5.74, 6) is 0.735. The maximum absolute atomic E-state index is 11.9. The number of rotatable bonds is 4. The van der Waals surface area contributed by atoms with E-state index >= 15 is 0 Å². The van der Waals surface area contributed by atoms with Gasteiger partial charge in [-0.3, -0.25) is 9.36 Å². The summed E-state index contributed by atoms with van der Waals surface area (Å²) in [4.78, 5) is 32.0. The van der Waals surface area contributed by atoms with Crippen molar-refractivity contribution in [3.8, 4) is 5.69 Å². The number of amides is 1. The fraction of sp³-hybridized carbons (Fsp3) is 0.474. The molecule has 1 amide bonds. The third-order valence-corrected chi connectivity index (χ3v) is 4.25. The van der Waals surface area contributed by atoms with Gasteiger partial charge >= 0.3 is 6.09 Å². The molecule has 2 heterocycles. The third-order valence-electron chi connectivity index (χ3n) is 4.25. The summed E-state index contributed by atoms with van der Waals surface area (Å²) in [6, 6.07) is 5.38. The molecule has 0 saturated heterocycles. The van der Waals surface area contributed by atoms with Gasteiger partial charge in [-0.25, -0.2) is 14.8 Å². The van der Waals surface area contributed by atoms with Crippen LogP contribution < -0.4 is 16.2 Å². The Kier molecular flexibility index (Phi) is 5.43. The molecule has 1 aliphatic rings. The second kappa shape index (κ2) is 7.77. The quantitative estimate of drug-likeness (QED) is 0.857. The molecule has 2 atom stereocenters. The van der Waals surface area contributed by atoms with Crippen LogP contribution in [-0.2, 0) is 4.74 Å². The molecule has 27 heavy (non-hydrogen) atoms. The molecule has 1 saturated carbocycles. The van der Waals surface area contributed by atoms with Crippen LogP contribution in [0, 0.1) is 0 Å². The summed E-state index contributed by atoms with van der Waals surface area (Å²) in [6.07, 6.45) is 6.83. The predicted octanol–water partition coefficient (Wildman–Crippen LogP) is 2.49. The maximum atomic E-state index is 11.9. The van der Waals surface area contributed by atoms with E-state index in [0.717, 1.165) is 25.1 Å². The number of carbonyl (C=O) groups is 1. The second-order valence-corrected chi connectivity index (χ2v) is 7.69. The lowest BCUT2D eigenvalue weighted by Gasteiger charge is -2.22. The lowest BCUT2D eigenvalue weighted by atomic mass is 10.2. The zero-order chi connectivity index (χ0) is 19.4. The van der Waals surface area contributed by atoms with E-state index in [1.54, 1.807) is 6.20 Å². The van der Waals surface area contributed by atoms with Crippen molar-refractivity contribution in [2.24, 2.45) is 0 Å². The van der Waals surface area contributed by atoms with Crippen LogP contribution in [-0.4, -0.2) is 38.3 Å². The molecule has 2 aromatic rings. The smallest absolute Gasteiger partial charge is 0.407 e. The standard InChI is InChI=1S/C19H25N5O3/c1-19(2,3)27-18(26)23-14-5-4-13(10-14)22-16-7-6-15(11-21-16)24-12-20-9-8-17(24)25/h6-9,11-14H,4-5,10H2,1-3H3,(H,21,22)(H,23,26)/t13-,14-/m0/s1. The van der Waals surface area contributed by atoms with Gasteiger partial charge in [0.2, 0.25) is 0 Å². The van der Waals surface area contributed by atoms with Crippen LogP contribution in [0.5, 0.6) is 0 Å². The van der Waals surface area contributed by atoms with Crippen molar-refractivity contribution in [3.05, 3.63) is 47.3 Å². The Balaban J connectivity index is 1.54. The summed E-state index contributed by atoms with van der Waals surface area (Å²) >= 11 is 0. The number of nitrogens with zero attached hydrogens (tertiary/aromatic N) is 3. The summed E-state index contributed by atoms with van der Waals surface area (Å²) in [5, 5.41) is 6.30. The number of carbonyl (C=O) groups excluding carboxylic acids is 1. The molecule has 2 aromatic heterocycles. The normalized spacial score (nSPS) is 19.5. The van der Waals surface area contributed by atoms with E-state index in [1.807, 2.05) is 32.9 Å². The van der Waals surface area contributed by atoms with Crippen LogP contribution in [0.1, 0.15) is 40.0 Å². The molecular formula is C19H25N5O3. The molecule has 0 unspecified atom stereocenters. The average Bonchev–Trinajstić information content (AvgIpc) is 3.01. The van der Waals surface area contributed by atoms with Gasteiger partial charge in [-0.15, -0.1) is 0 Å². The van der Waals surface area contributed by atoms with Crippen molar-refractivity contribution in [3.63, 3.8) is 0 Å². The molecule has 8 heteroatoms. The molecule has 0 aliphatic heterocycles. The number of ether oxygens (including phenoxy) is 1. The number of pyridine rings is 1. The van der Waals surface area contributed by atoms with Crippen molar-refractivity contribution in [1.82, 2.24) is 19.9 Å². The Morgan fingerprint density at radius 1 is 1.22 bits per heavy atom. The number of nitrogens with one attached hydrogen (secondary N) is 2. The minimum atomic E-state index is -0.498. The highest BCUT2D eigenvalue weighted by atomic mass is 16.6. The van der Waals surface area contributed by atoms with Gasteiger partial charge in [0.15, 0.2) is 0 Å². The molecule has 3 rings (SSSR count). The van der Waals surface area contributed by atoms with Gasteiger partial charge < -0.3 is 15.4 Å². The molecule has 0 bridgehead atoms. The van der Waals surface area contributed by atoms with Gasteiger partial charge in [-0.05, 0) is 52.2 Å².